The topological polar surface area (TPSA) is 107 Å². The largest absolute Gasteiger partial charge is 0.368 e. The molecule has 1 fully saturated rings. The van der Waals surface area contributed by atoms with Crippen LogP contribution in [0.3, 0.4) is 0 Å². The maximum atomic E-state index is 12.2. The lowest BCUT2D eigenvalue weighted by molar-refractivity contribution is -0.138. The number of carbonyl (C=O) groups is 2. The Morgan fingerprint density at radius 2 is 2.19 bits per heavy atom. The summed E-state index contributed by atoms with van der Waals surface area (Å²) in [5, 5.41) is 0. The SMILES string of the molecule is CC.NC(=O)C1CCCN1C(=O)C(N)Cc1cn(P)cn1. The Morgan fingerprint density at radius 3 is 2.71 bits per heavy atom. The fraction of sp³-hybridized carbons (Fsp3) is 0.615. The Morgan fingerprint density at radius 1 is 1.52 bits per heavy atom. The summed E-state index contributed by atoms with van der Waals surface area (Å²) in [7, 11) is 2.46. The van der Waals surface area contributed by atoms with Gasteiger partial charge in [0.2, 0.25) is 11.8 Å². The van der Waals surface area contributed by atoms with Crippen LogP contribution in [0.4, 0.5) is 0 Å². The van der Waals surface area contributed by atoms with Gasteiger partial charge in [0.05, 0.1) is 18.1 Å². The highest BCUT2D eigenvalue weighted by Gasteiger charge is 2.34. The average Bonchev–Trinajstić information content (AvgIpc) is 3.09. The minimum atomic E-state index is -0.695. The molecule has 118 valence electrons. The lowest BCUT2D eigenvalue weighted by Gasteiger charge is -2.25. The van der Waals surface area contributed by atoms with E-state index in [9.17, 15) is 9.59 Å². The van der Waals surface area contributed by atoms with Gasteiger partial charge in [0.15, 0.2) is 0 Å². The quantitative estimate of drug-likeness (QED) is 0.756. The summed E-state index contributed by atoms with van der Waals surface area (Å²) < 4.78 is 1.72. The molecule has 2 rings (SSSR count). The van der Waals surface area contributed by atoms with Crippen LogP contribution >= 0.6 is 9.39 Å². The first-order valence-corrected chi connectivity index (χ1v) is 7.64. The second kappa shape index (κ2) is 8.10. The number of nitrogens with two attached hydrogens (primary N) is 2. The maximum Gasteiger partial charge on any atom is 0.240 e. The first kappa shape index (κ1) is 17.6. The van der Waals surface area contributed by atoms with Crippen LogP contribution in [0.1, 0.15) is 32.4 Å². The van der Waals surface area contributed by atoms with Gasteiger partial charge in [-0.25, -0.2) is 4.98 Å². The van der Waals surface area contributed by atoms with E-state index in [4.69, 9.17) is 11.5 Å². The monoisotopic (exact) mass is 313 g/mol. The number of aromatic nitrogens is 2. The number of amides is 2. The van der Waals surface area contributed by atoms with Gasteiger partial charge in [0.1, 0.15) is 6.04 Å². The van der Waals surface area contributed by atoms with Crippen LogP contribution in [0, 0.1) is 0 Å². The molecule has 0 spiro atoms. The zero-order valence-corrected chi connectivity index (χ0v) is 13.7. The normalized spacial score (nSPS) is 18.9. The van der Waals surface area contributed by atoms with Gasteiger partial charge in [-0.15, -0.1) is 0 Å². The van der Waals surface area contributed by atoms with E-state index in [1.54, 1.807) is 16.9 Å². The molecule has 21 heavy (non-hydrogen) atoms. The van der Waals surface area contributed by atoms with E-state index >= 15 is 0 Å². The first-order chi connectivity index (χ1) is 9.99. The van der Waals surface area contributed by atoms with E-state index in [0.29, 0.717) is 19.4 Å². The molecule has 1 aliphatic rings. The molecule has 7 nitrogen and oxygen atoms in total. The fourth-order valence-electron chi connectivity index (χ4n) is 2.34. The van der Waals surface area contributed by atoms with E-state index in [2.05, 4.69) is 14.4 Å². The third-order valence-electron chi connectivity index (χ3n) is 3.27. The Bertz CT molecular complexity index is 491. The van der Waals surface area contributed by atoms with Crippen LogP contribution < -0.4 is 11.5 Å². The molecule has 3 atom stereocenters. The summed E-state index contributed by atoms with van der Waals surface area (Å²) in [6, 6.07) is -1.21. The number of nitrogens with zero attached hydrogens (tertiary/aromatic N) is 3. The van der Waals surface area contributed by atoms with Gasteiger partial charge < -0.3 is 20.7 Å². The molecule has 4 N–H and O–H groups in total. The molecule has 1 saturated heterocycles. The molecule has 3 unspecified atom stereocenters. The van der Waals surface area contributed by atoms with E-state index in [1.807, 2.05) is 13.8 Å². The van der Waals surface area contributed by atoms with Crippen LogP contribution in [0.25, 0.3) is 0 Å². The second-order valence-electron chi connectivity index (χ2n) is 4.71. The highest BCUT2D eigenvalue weighted by molar-refractivity contribution is 7.14. The third-order valence-corrected chi connectivity index (χ3v) is 3.55. The molecule has 8 heteroatoms. The zero-order valence-electron chi connectivity index (χ0n) is 12.5. The molecular weight excluding hydrogens is 289 g/mol. The van der Waals surface area contributed by atoms with E-state index in [-0.39, 0.29) is 5.91 Å². The lowest BCUT2D eigenvalue weighted by atomic mass is 10.1. The molecule has 1 aliphatic heterocycles. The van der Waals surface area contributed by atoms with Crippen LogP contribution in [0.15, 0.2) is 12.5 Å². The van der Waals surface area contributed by atoms with E-state index in [1.165, 1.54) is 4.90 Å². The number of carbonyl (C=O) groups excluding carboxylic acids is 2. The van der Waals surface area contributed by atoms with Crippen LogP contribution in [0.5, 0.6) is 0 Å². The lowest BCUT2D eigenvalue weighted by Crippen LogP contribution is -2.50. The van der Waals surface area contributed by atoms with Crippen molar-refractivity contribution in [3.05, 3.63) is 18.2 Å². The number of imidazole rings is 1. The smallest absolute Gasteiger partial charge is 0.240 e. The average molecular weight is 313 g/mol. The van der Waals surface area contributed by atoms with Gasteiger partial charge in [-0.2, -0.15) is 0 Å². The van der Waals surface area contributed by atoms with Gasteiger partial charge in [-0.05, 0) is 22.2 Å². The number of rotatable bonds is 4. The minimum Gasteiger partial charge on any atom is -0.368 e. The van der Waals surface area contributed by atoms with Crippen molar-refractivity contribution < 1.29 is 9.59 Å². The standard InChI is InChI=1S/C11H18N5O2P.C2H6/c12-8(4-7-5-15(19)6-14-7)11(18)16-3-1-2-9(16)10(13)17;1-2/h5-6,8-9H,1-4,12,19H2,(H2,13,17);1-2H3. The number of primary amides is 1. The van der Waals surface area contributed by atoms with Crippen molar-refractivity contribution in [1.29, 1.82) is 0 Å². The van der Waals surface area contributed by atoms with Crippen molar-refractivity contribution in [2.24, 2.45) is 11.5 Å². The summed E-state index contributed by atoms with van der Waals surface area (Å²) >= 11 is 0. The number of likely N-dealkylation sites (tertiary alicyclic amines) is 1. The molecule has 2 heterocycles. The highest BCUT2D eigenvalue weighted by atomic mass is 31.0. The predicted molar refractivity (Wildman–Crippen MR) is 84.3 cm³/mol. The summed E-state index contributed by atoms with van der Waals surface area (Å²) in [6.45, 7) is 4.54. The van der Waals surface area contributed by atoms with Gasteiger partial charge in [-0.1, -0.05) is 13.8 Å². The van der Waals surface area contributed by atoms with Gasteiger partial charge in [0, 0.05) is 19.2 Å². The third kappa shape index (κ3) is 4.51. The Labute approximate surface area is 127 Å². The van der Waals surface area contributed by atoms with E-state index in [0.717, 1.165) is 12.1 Å². The van der Waals surface area contributed by atoms with E-state index < -0.39 is 18.0 Å². The molecule has 2 amide bonds. The fourth-order valence-corrected chi connectivity index (χ4v) is 2.58. The predicted octanol–water partition coefficient (Wildman–Crippen LogP) is -0.106. The molecule has 1 aromatic heterocycles. The first-order valence-electron chi connectivity index (χ1n) is 7.12. The van der Waals surface area contributed by atoms with Gasteiger partial charge >= 0.3 is 0 Å². The summed E-state index contributed by atoms with van der Waals surface area (Å²) in [6.07, 6.45) is 5.16. The highest BCUT2D eigenvalue weighted by Crippen LogP contribution is 2.18. The van der Waals surface area contributed by atoms with Crippen molar-refractivity contribution in [2.75, 3.05) is 6.54 Å². The summed E-state index contributed by atoms with van der Waals surface area (Å²) in [4.78, 5) is 29.1. The molecule has 0 aliphatic carbocycles. The Kier molecular flexibility index (Phi) is 6.78. The molecule has 0 radical (unpaired) electrons. The molecule has 0 bridgehead atoms. The molecule has 0 saturated carbocycles. The summed E-state index contributed by atoms with van der Waals surface area (Å²) in [5.41, 5.74) is 11.9. The van der Waals surface area contributed by atoms with Gasteiger partial charge in [0.25, 0.3) is 0 Å². The van der Waals surface area contributed by atoms with Crippen LogP contribution in [0.2, 0.25) is 0 Å². The Hall–Kier alpha value is -1.46. The van der Waals surface area contributed by atoms with Crippen molar-refractivity contribution in [3.8, 4) is 0 Å². The number of hydrogen-bond donors (Lipinski definition) is 2. The van der Waals surface area contributed by atoms with Crippen molar-refractivity contribution in [1.82, 2.24) is 14.2 Å². The second-order valence-corrected chi connectivity index (χ2v) is 5.31. The molecule has 0 aromatic carbocycles. The minimum absolute atomic E-state index is 0.236. The van der Waals surface area contributed by atoms with Crippen molar-refractivity contribution >= 4 is 21.2 Å². The zero-order chi connectivity index (χ0) is 16.0. The molecular formula is C13H24N5O2P. The maximum absolute atomic E-state index is 12.2. The summed E-state index contributed by atoms with van der Waals surface area (Å²) in [5.74, 6) is -0.702. The van der Waals surface area contributed by atoms with Gasteiger partial charge in [-0.3, -0.25) is 9.59 Å². The molecule has 1 aromatic rings. The van der Waals surface area contributed by atoms with Crippen LogP contribution in [-0.4, -0.2) is 44.7 Å². The number of hydrogen-bond acceptors (Lipinski definition) is 4. The van der Waals surface area contributed by atoms with Crippen LogP contribution in [-0.2, 0) is 16.0 Å². The Balaban J connectivity index is 0.00000106. The van der Waals surface area contributed by atoms with Crippen molar-refractivity contribution in [2.45, 2.75) is 45.2 Å². The van der Waals surface area contributed by atoms with Crippen molar-refractivity contribution in [3.63, 3.8) is 0 Å².